The molecule has 0 spiro atoms. The van der Waals surface area contributed by atoms with Crippen molar-refractivity contribution in [2.24, 2.45) is 5.16 Å². The van der Waals surface area contributed by atoms with Gasteiger partial charge in [-0.3, -0.25) is 4.79 Å². The maximum absolute atomic E-state index is 11.9. The molecule has 0 saturated heterocycles. The number of benzene rings is 1. The van der Waals surface area contributed by atoms with Crippen molar-refractivity contribution >= 4 is 17.6 Å². The molecule has 0 aliphatic carbocycles. The number of carboxylic acid groups (broad SMARTS) is 1. The Morgan fingerprint density at radius 2 is 2.14 bits per heavy atom. The van der Waals surface area contributed by atoms with Crippen LogP contribution in [0.1, 0.15) is 12.0 Å². The normalized spacial score (nSPS) is 18.9. The zero-order valence-electron chi connectivity index (χ0n) is 10.9. The number of fused-ring (bicyclic) bond motifs is 1. The second-order valence-corrected chi connectivity index (χ2v) is 4.55. The van der Waals surface area contributed by atoms with Gasteiger partial charge in [-0.25, -0.2) is 4.79 Å². The zero-order chi connectivity index (χ0) is 14.8. The summed E-state index contributed by atoms with van der Waals surface area (Å²) in [5, 5.41) is 14.8. The van der Waals surface area contributed by atoms with Gasteiger partial charge >= 0.3 is 5.97 Å². The van der Waals surface area contributed by atoms with Crippen LogP contribution in [0.5, 0.6) is 11.5 Å². The third-order valence-corrected chi connectivity index (χ3v) is 3.11. The van der Waals surface area contributed by atoms with Crippen LogP contribution in [-0.4, -0.2) is 35.6 Å². The lowest BCUT2D eigenvalue weighted by atomic mass is 10.1. The number of amides is 1. The summed E-state index contributed by atoms with van der Waals surface area (Å²) in [7, 11) is 0. The molecule has 2 heterocycles. The zero-order valence-corrected chi connectivity index (χ0v) is 10.9. The molecule has 110 valence electrons. The average Bonchev–Trinajstić information content (AvgIpc) is 3.12. The number of carbonyl (C=O) groups is 2. The third kappa shape index (κ3) is 2.73. The van der Waals surface area contributed by atoms with Crippen molar-refractivity contribution in [2.75, 3.05) is 6.79 Å². The molecule has 0 radical (unpaired) electrons. The van der Waals surface area contributed by atoms with E-state index in [0.717, 1.165) is 5.56 Å². The Kier molecular flexibility index (Phi) is 3.35. The summed E-state index contributed by atoms with van der Waals surface area (Å²) >= 11 is 0. The van der Waals surface area contributed by atoms with Crippen LogP contribution in [0.25, 0.3) is 0 Å². The summed E-state index contributed by atoms with van der Waals surface area (Å²) in [6.07, 6.45) is -0.937. The van der Waals surface area contributed by atoms with E-state index in [1.165, 1.54) is 0 Å². The largest absolute Gasteiger partial charge is 0.477 e. The predicted molar refractivity (Wildman–Crippen MR) is 69.0 cm³/mol. The van der Waals surface area contributed by atoms with Crippen molar-refractivity contribution in [3.63, 3.8) is 0 Å². The van der Waals surface area contributed by atoms with Crippen LogP contribution in [0.15, 0.2) is 23.4 Å². The van der Waals surface area contributed by atoms with Crippen LogP contribution in [0.2, 0.25) is 0 Å². The topological polar surface area (TPSA) is 106 Å². The van der Waals surface area contributed by atoms with Gasteiger partial charge in [-0.15, -0.1) is 0 Å². The first kappa shape index (κ1) is 13.2. The van der Waals surface area contributed by atoms with E-state index in [1.54, 1.807) is 12.1 Å². The minimum atomic E-state index is -1.18. The smallest absolute Gasteiger partial charge is 0.353 e. The van der Waals surface area contributed by atoms with E-state index in [9.17, 15) is 9.59 Å². The highest BCUT2D eigenvalue weighted by atomic mass is 16.7. The molecule has 3 rings (SSSR count). The number of rotatable bonds is 4. The van der Waals surface area contributed by atoms with Gasteiger partial charge in [0.25, 0.3) is 5.91 Å². The molecule has 1 unspecified atom stereocenters. The molecule has 2 aliphatic heterocycles. The van der Waals surface area contributed by atoms with Crippen LogP contribution in [-0.2, 0) is 21.0 Å². The molecule has 21 heavy (non-hydrogen) atoms. The average molecular weight is 292 g/mol. The van der Waals surface area contributed by atoms with Crippen LogP contribution in [0.4, 0.5) is 0 Å². The molecule has 2 N–H and O–H groups in total. The van der Waals surface area contributed by atoms with Crippen LogP contribution in [0.3, 0.4) is 0 Å². The van der Waals surface area contributed by atoms with Crippen molar-refractivity contribution in [3.05, 3.63) is 23.8 Å². The molecule has 0 aromatic heterocycles. The van der Waals surface area contributed by atoms with Gasteiger partial charge < -0.3 is 24.7 Å². The number of nitrogens with one attached hydrogen (secondary N) is 1. The first-order valence-electron chi connectivity index (χ1n) is 6.25. The van der Waals surface area contributed by atoms with Gasteiger partial charge in [0.15, 0.2) is 17.2 Å². The monoisotopic (exact) mass is 292 g/mol. The van der Waals surface area contributed by atoms with Crippen molar-refractivity contribution in [2.45, 2.75) is 19.1 Å². The number of aliphatic carboxylic acids is 1. The van der Waals surface area contributed by atoms with Gasteiger partial charge in [0.2, 0.25) is 12.9 Å². The molecule has 1 amide bonds. The van der Waals surface area contributed by atoms with E-state index in [2.05, 4.69) is 10.5 Å². The Balaban J connectivity index is 1.54. The summed E-state index contributed by atoms with van der Waals surface area (Å²) < 4.78 is 10.4. The molecule has 2 aliphatic rings. The van der Waals surface area contributed by atoms with Crippen LogP contribution >= 0.6 is 0 Å². The fourth-order valence-corrected chi connectivity index (χ4v) is 2.00. The number of nitrogens with zero attached hydrogens (tertiary/aromatic N) is 1. The van der Waals surface area contributed by atoms with Crippen LogP contribution < -0.4 is 14.8 Å². The van der Waals surface area contributed by atoms with Gasteiger partial charge in [0, 0.05) is 13.0 Å². The van der Waals surface area contributed by atoms with Crippen LogP contribution in [0, 0.1) is 0 Å². The fraction of sp³-hybridized carbons (Fsp3) is 0.308. The summed E-state index contributed by atoms with van der Waals surface area (Å²) in [6.45, 7) is 0.466. The molecule has 1 aromatic carbocycles. The predicted octanol–water partition coefficient (Wildman–Crippen LogP) is 0.261. The highest BCUT2D eigenvalue weighted by Crippen LogP contribution is 2.32. The Morgan fingerprint density at radius 3 is 2.90 bits per heavy atom. The number of hydrogen-bond donors (Lipinski definition) is 2. The highest BCUT2D eigenvalue weighted by molar-refractivity contribution is 6.36. The Labute approximate surface area is 119 Å². The first-order valence-corrected chi connectivity index (χ1v) is 6.25. The lowest BCUT2D eigenvalue weighted by Gasteiger charge is -2.09. The van der Waals surface area contributed by atoms with Crippen molar-refractivity contribution in [1.82, 2.24) is 5.32 Å². The molecule has 8 nitrogen and oxygen atoms in total. The molecule has 0 bridgehead atoms. The van der Waals surface area contributed by atoms with Crippen molar-refractivity contribution in [1.29, 1.82) is 0 Å². The number of carboxylic acids is 1. The second kappa shape index (κ2) is 5.31. The minimum absolute atomic E-state index is 0.0394. The van der Waals surface area contributed by atoms with E-state index in [1.807, 2.05) is 6.07 Å². The Hall–Kier alpha value is -2.77. The van der Waals surface area contributed by atoms with Gasteiger partial charge in [0.05, 0.1) is 0 Å². The van der Waals surface area contributed by atoms with E-state index < -0.39 is 18.0 Å². The van der Waals surface area contributed by atoms with E-state index in [4.69, 9.17) is 19.4 Å². The summed E-state index contributed by atoms with van der Waals surface area (Å²) in [4.78, 5) is 27.4. The molecule has 0 fully saturated rings. The molecule has 1 atom stereocenters. The summed E-state index contributed by atoms with van der Waals surface area (Å²) in [5.41, 5.74) is 0.684. The molecular formula is C13H12N2O6. The SMILES string of the molecule is O=C(O)C1=NOC(C(=O)NCc2ccc3c(c2)OCO3)C1. The fourth-order valence-electron chi connectivity index (χ4n) is 2.00. The lowest BCUT2D eigenvalue weighted by molar-refractivity contribution is -0.131. The minimum Gasteiger partial charge on any atom is -0.477 e. The van der Waals surface area contributed by atoms with Gasteiger partial charge in [-0.05, 0) is 17.7 Å². The van der Waals surface area contributed by atoms with E-state index in [0.29, 0.717) is 11.5 Å². The first-order chi connectivity index (χ1) is 10.1. The number of ether oxygens (including phenoxy) is 2. The van der Waals surface area contributed by atoms with Gasteiger partial charge in [-0.1, -0.05) is 11.2 Å². The molecular weight excluding hydrogens is 280 g/mol. The standard InChI is InChI=1S/C13H12N2O6/c16-12(11-4-8(13(17)18)15-21-11)14-5-7-1-2-9-10(3-7)20-6-19-9/h1-3,11H,4-6H2,(H,14,16)(H,17,18). The van der Waals surface area contributed by atoms with Gasteiger partial charge in [-0.2, -0.15) is 0 Å². The second-order valence-electron chi connectivity index (χ2n) is 4.55. The quantitative estimate of drug-likeness (QED) is 0.824. The molecule has 8 heteroatoms. The summed E-state index contributed by atoms with van der Waals surface area (Å²) in [5.74, 6) is -0.284. The Bertz CT molecular complexity index is 627. The Morgan fingerprint density at radius 1 is 1.33 bits per heavy atom. The van der Waals surface area contributed by atoms with E-state index >= 15 is 0 Å². The van der Waals surface area contributed by atoms with E-state index in [-0.39, 0.29) is 25.5 Å². The van der Waals surface area contributed by atoms with Crippen molar-refractivity contribution < 1.29 is 29.0 Å². The van der Waals surface area contributed by atoms with Gasteiger partial charge in [0.1, 0.15) is 0 Å². The third-order valence-electron chi connectivity index (χ3n) is 3.11. The number of carbonyl (C=O) groups excluding carboxylic acids is 1. The number of oxime groups is 1. The van der Waals surface area contributed by atoms with Crippen molar-refractivity contribution in [3.8, 4) is 11.5 Å². The highest BCUT2D eigenvalue weighted by Gasteiger charge is 2.31. The molecule has 1 aromatic rings. The number of hydrogen-bond acceptors (Lipinski definition) is 6. The summed E-state index contributed by atoms with van der Waals surface area (Å²) in [6, 6.07) is 5.35. The maximum Gasteiger partial charge on any atom is 0.353 e. The lowest BCUT2D eigenvalue weighted by Crippen LogP contribution is -2.34. The maximum atomic E-state index is 11.9. The molecule has 0 saturated carbocycles.